The second-order valence-electron chi connectivity index (χ2n) is 5.22. The molecule has 0 bridgehead atoms. The van der Waals surface area contributed by atoms with E-state index in [1.807, 2.05) is 11.7 Å². The molecule has 0 amide bonds. The molecule has 0 radical (unpaired) electrons. The van der Waals surface area contributed by atoms with Crippen LogP contribution in [0.4, 0.5) is 0 Å². The smallest absolute Gasteiger partial charge is 0.0644 e. The van der Waals surface area contributed by atoms with Crippen molar-refractivity contribution in [2.24, 2.45) is 13.0 Å². The normalized spacial score (nSPS) is 19.8. The van der Waals surface area contributed by atoms with E-state index < -0.39 is 0 Å². The molecule has 1 aliphatic carbocycles. The number of hydrogen-bond acceptors (Lipinski definition) is 2. The zero-order valence-corrected chi connectivity index (χ0v) is 11.0. The van der Waals surface area contributed by atoms with Gasteiger partial charge in [-0.15, -0.1) is 0 Å². The third kappa shape index (κ3) is 2.14. The molecule has 2 unspecified atom stereocenters. The van der Waals surface area contributed by atoms with Crippen LogP contribution in [0.5, 0.6) is 0 Å². The Kier molecular flexibility index (Phi) is 3.06. The topological polar surface area (TPSA) is 29.9 Å². The van der Waals surface area contributed by atoms with Gasteiger partial charge < -0.3 is 5.32 Å². The van der Waals surface area contributed by atoms with Crippen LogP contribution in [0.1, 0.15) is 49.7 Å². The SMILES string of the molecule is Cc1nn(C)c(C)c1C(C)NC(C)C1CC1. The van der Waals surface area contributed by atoms with Crippen molar-refractivity contribution in [1.29, 1.82) is 0 Å². The number of rotatable bonds is 4. The standard InChI is InChI=1S/C13H23N3/c1-8(12-6-7-12)14-9(2)13-10(3)15-16(5)11(13)4/h8-9,12,14H,6-7H2,1-5H3. The molecule has 1 aromatic rings. The van der Waals surface area contributed by atoms with Gasteiger partial charge in [0.25, 0.3) is 0 Å². The van der Waals surface area contributed by atoms with Crippen molar-refractivity contribution in [1.82, 2.24) is 15.1 Å². The lowest BCUT2D eigenvalue weighted by Crippen LogP contribution is -2.31. The van der Waals surface area contributed by atoms with E-state index in [2.05, 4.69) is 38.1 Å². The van der Waals surface area contributed by atoms with Gasteiger partial charge in [0.15, 0.2) is 0 Å². The van der Waals surface area contributed by atoms with Gasteiger partial charge in [0.2, 0.25) is 0 Å². The van der Waals surface area contributed by atoms with Gasteiger partial charge in [-0.3, -0.25) is 4.68 Å². The van der Waals surface area contributed by atoms with Crippen LogP contribution in [0.15, 0.2) is 0 Å². The molecule has 1 fully saturated rings. The van der Waals surface area contributed by atoms with Gasteiger partial charge in [-0.1, -0.05) is 0 Å². The fourth-order valence-corrected chi connectivity index (χ4v) is 2.63. The summed E-state index contributed by atoms with van der Waals surface area (Å²) in [7, 11) is 2.02. The molecule has 0 aliphatic heterocycles. The van der Waals surface area contributed by atoms with Crippen molar-refractivity contribution in [3.05, 3.63) is 17.0 Å². The van der Waals surface area contributed by atoms with E-state index in [4.69, 9.17) is 0 Å². The minimum Gasteiger partial charge on any atom is -0.307 e. The first-order valence-corrected chi connectivity index (χ1v) is 6.26. The zero-order chi connectivity index (χ0) is 11.9. The lowest BCUT2D eigenvalue weighted by molar-refractivity contribution is 0.439. The highest BCUT2D eigenvalue weighted by Gasteiger charge is 2.29. The Morgan fingerprint density at radius 1 is 1.31 bits per heavy atom. The molecule has 1 saturated carbocycles. The maximum atomic E-state index is 4.48. The molecule has 1 heterocycles. The first-order chi connectivity index (χ1) is 7.50. The van der Waals surface area contributed by atoms with Gasteiger partial charge in [0.1, 0.15) is 0 Å². The monoisotopic (exact) mass is 221 g/mol. The van der Waals surface area contributed by atoms with Gasteiger partial charge in [-0.05, 0) is 46.5 Å². The Bertz CT molecular complexity index is 377. The summed E-state index contributed by atoms with van der Waals surface area (Å²) in [4.78, 5) is 0. The molecule has 0 aromatic carbocycles. The van der Waals surface area contributed by atoms with Gasteiger partial charge in [0, 0.05) is 30.4 Å². The number of nitrogens with zero attached hydrogens (tertiary/aromatic N) is 2. The van der Waals surface area contributed by atoms with Crippen LogP contribution in [0, 0.1) is 19.8 Å². The summed E-state index contributed by atoms with van der Waals surface area (Å²) in [5.74, 6) is 0.903. The molecular weight excluding hydrogens is 198 g/mol. The Morgan fingerprint density at radius 2 is 1.94 bits per heavy atom. The van der Waals surface area contributed by atoms with Crippen molar-refractivity contribution < 1.29 is 0 Å². The molecule has 0 saturated heterocycles. The third-order valence-corrected chi connectivity index (χ3v) is 3.84. The molecule has 16 heavy (non-hydrogen) atoms. The highest BCUT2D eigenvalue weighted by molar-refractivity contribution is 5.27. The van der Waals surface area contributed by atoms with Crippen molar-refractivity contribution in [3.63, 3.8) is 0 Å². The molecule has 1 aromatic heterocycles. The second kappa shape index (κ2) is 4.21. The van der Waals surface area contributed by atoms with Crippen molar-refractivity contribution in [2.75, 3.05) is 0 Å². The molecule has 3 heteroatoms. The Balaban J connectivity index is 2.10. The summed E-state index contributed by atoms with van der Waals surface area (Å²) in [5.41, 5.74) is 3.80. The van der Waals surface area contributed by atoms with E-state index in [0.29, 0.717) is 12.1 Å². The fourth-order valence-electron chi connectivity index (χ4n) is 2.63. The van der Waals surface area contributed by atoms with Crippen molar-refractivity contribution >= 4 is 0 Å². The maximum absolute atomic E-state index is 4.48. The highest BCUT2D eigenvalue weighted by atomic mass is 15.3. The quantitative estimate of drug-likeness (QED) is 0.846. The predicted octanol–water partition coefficient (Wildman–Crippen LogP) is 2.49. The number of aromatic nitrogens is 2. The second-order valence-corrected chi connectivity index (χ2v) is 5.22. The first kappa shape index (κ1) is 11.6. The number of aryl methyl sites for hydroxylation is 2. The summed E-state index contributed by atoms with van der Waals surface area (Å²) < 4.78 is 1.98. The molecule has 90 valence electrons. The van der Waals surface area contributed by atoms with E-state index >= 15 is 0 Å². The molecule has 1 N–H and O–H groups in total. The van der Waals surface area contributed by atoms with E-state index in [-0.39, 0.29) is 0 Å². The molecule has 3 nitrogen and oxygen atoms in total. The van der Waals surface area contributed by atoms with Gasteiger partial charge in [-0.25, -0.2) is 0 Å². The summed E-state index contributed by atoms with van der Waals surface area (Å²) in [6, 6.07) is 1.04. The van der Waals surface area contributed by atoms with Crippen LogP contribution in [0.3, 0.4) is 0 Å². The number of hydrogen-bond donors (Lipinski definition) is 1. The molecule has 2 atom stereocenters. The first-order valence-electron chi connectivity index (χ1n) is 6.26. The summed E-state index contributed by atoms with van der Waals surface area (Å²) in [6.45, 7) is 8.79. The maximum Gasteiger partial charge on any atom is 0.0644 e. The van der Waals surface area contributed by atoms with Crippen LogP contribution in [0.2, 0.25) is 0 Å². The van der Waals surface area contributed by atoms with Crippen molar-refractivity contribution in [3.8, 4) is 0 Å². The van der Waals surface area contributed by atoms with E-state index in [0.717, 1.165) is 11.6 Å². The lowest BCUT2D eigenvalue weighted by atomic mass is 10.0. The van der Waals surface area contributed by atoms with E-state index in [9.17, 15) is 0 Å². The molecular formula is C13H23N3. The fraction of sp³-hybridized carbons (Fsp3) is 0.769. The zero-order valence-electron chi connectivity index (χ0n) is 11.0. The molecule has 2 rings (SSSR count). The third-order valence-electron chi connectivity index (χ3n) is 3.84. The largest absolute Gasteiger partial charge is 0.307 e. The Hall–Kier alpha value is -0.830. The predicted molar refractivity (Wildman–Crippen MR) is 66.4 cm³/mol. The van der Waals surface area contributed by atoms with Crippen LogP contribution in [0.25, 0.3) is 0 Å². The lowest BCUT2D eigenvalue weighted by Gasteiger charge is -2.20. The van der Waals surface area contributed by atoms with Crippen LogP contribution in [-0.2, 0) is 7.05 Å². The summed E-state index contributed by atoms with van der Waals surface area (Å²) >= 11 is 0. The molecule has 1 aliphatic rings. The Morgan fingerprint density at radius 3 is 2.38 bits per heavy atom. The van der Waals surface area contributed by atoms with Gasteiger partial charge >= 0.3 is 0 Å². The average molecular weight is 221 g/mol. The van der Waals surface area contributed by atoms with Gasteiger partial charge in [-0.2, -0.15) is 5.10 Å². The minimum atomic E-state index is 0.407. The number of nitrogens with one attached hydrogen (secondary N) is 1. The summed E-state index contributed by atoms with van der Waals surface area (Å²) in [6.07, 6.45) is 2.79. The highest BCUT2D eigenvalue weighted by Crippen LogP contribution is 2.33. The average Bonchev–Trinajstić information content (AvgIpc) is 2.96. The summed E-state index contributed by atoms with van der Waals surface area (Å²) in [5, 5.41) is 8.18. The van der Waals surface area contributed by atoms with E-state index in [1.165, 1.54) is 24.1 Å². The minimum absolute atomic E-state index is 0.407. The van der Waals surface area contributed by atoms with Crippen LogP contribution < -0.4 is 5.32 Å². The molecule has 0 spiro atoms. The van der Waals surface area contributed by atoms with Gasteiger partial charge in [0.05, 0.1) is 5.69 Å². The Labute approximate surface area is 98.2 Å². The van der Waals surface area contributed by atoms with Crippen LogP contribution >= 0.6 is 0 Å². The van der Waals surface area contributed by atoms with Crippen LogP contribution in [-0.4, -0.2) is 15.8 Å². The van der Waals surface area contributed by atoms with Crippen molar-refractivity contribution in [2.45, 2.75) is 52.6 Å². The van der Waals surface area contributed by atoms with E-state index in [1.54, 1.807) is 0 Å².